The first-order chi connectivity index (χ1) is 10.1. The summed E-state index contributed by atoms with van der Waals surface area (Å²) in [5.41, 5.74) is 1.20. The molecule has 3 heteroatoms. The lowest BCUT2D eigenvalue weighted by atomic mass is 9.86. The molecule has 0 spiro atoms. The SMILES string of the molecule is C=C1C(=O)O[C@H](c2c(O)ccc3ccccc23)[C@@H]1CCC. The lowest BCUT2D eigenvalue weighted by Crippen LogP contribution is -2.09. The third kappa shape index (κ3) is 2.19. The predicted molar refractivity (Wildman–Crippen MR) is 82.0 cm³/mol. The molecule has 0 bridgehead atoms. The highest BCUT2D eigenvalue weighted by Gasteiger charge is 2.40. The summed E-state index contributed by atoms with van der Waals surface area (Å²) in [7, 11) is 0. The molecule has 2 atom stereocenters. The van der Waals surface area contributed by atoms with Crippen molar-refractivity contribution in [2.45, 2.75) is 25.9 Å². The van der Waals surface area contributed by atoms with E-state index in [9.17, 15) is 9.90 Å². The van der Waals surface area contributed by atoms with E-state index in [1.54, 1.807) is 6.07 Å². The highest BCUT2D eigenvalue weighted by molar-refractivity contribution is 5.93. The lowest BCUT2D eigenvalue weighted by molar-refractivity contribution is -0.139. The van der Waals surface area contributed by atoms with Crippen LogP contribution in [0.25, 0.3) is 10.8 Å². The van der Waals surface area contributed by atoms with Crippen molar-refractivity contribution in [1.29, 1.82) is 0 Å². The molecule has 1 aliphatic heterocycles. The van der Waals surface area contributed by atoms with Gasteiger partial charge in [0.1, 0.15) is 11.9 Å². The van der Waals surface area contributed by atoms with Crippen molar-refractivity contribution in [3.8, 4) is 5.75 Å². The summed E-state index contributed by atoms with van der Waals surface area (Å²) >= 11 is 0. The topological polar surface area (TPSA) is 46.5 Å². The molecule has 0 aliphatic carbocycles. The molecule has 2 aromatic carbocycles. The Balaban J connectivity index is 2.17. The Morgan fingerprint density at radius 2 is 2.00 bits per heavy atom. The summed E-state index contributed by atoms with van der Waals surface area (Å²) in [5, 5.41) is 12.3. The van der Waals surface area contributed by atoms with Gasteiger partial charge in [-0.25, -0.2) is 4.79 Å². The number of aromatic hydroxyl groups is 1. The fourth-order valence-corrected chi connectivity index (χ4v) is 3.09. The van der Waals surface area contributed by atoms with Gasteiger partial charge in [-0.15, -0.1) is 0 Å². The molecule has 2 aromatic rings. The lowest BCUT2D eigenvalue weighted by Gasteiger charge is -2.20. The van der Waals surface area contributed by atoms with Gasteiger partial charge in [0, 0.05) is 17.1 Å². The molecule has 1 aliphatic rings. The number of cyclic esters (lactones) is 1. The largest absolute Gasteiger partial charge is 0.508 e. The minimum atomic E-state index is -0.448. The highest BCUT2D eigenvalue weighted by Crippen LogP contribution is 2.46. The van der Waals surface area contributed by atoms with Crippen LogP contribution in [0, 0.1) is 5.92 Å². The molecule has 1 saturated heterocycles. The number of phenols is 1. The summed E-state index contributed by atoms with van der Waals surface area (Å²) < 4.78 is 5.52. The maximum Gasteiger partial charge on any atom is 0.334 e. The fraction of sp³-hybridized carbons (Fsp3) is 0.278. The maximum absolute atomic E-state index is 11.9. The number of fused-ring (bicyclic) bond motifs is 1. The monoisotopic (exact) mass is 282 g/mol. The van der Waals surface area contributed by atoms with E-state index >= 15 is 0 Å². The van der Waals surface area contributed by atoms with E-state index in [4.69, 9.17) is 4.74 Å². The summed E-state index contributed by atoms with van der Waals surface area (Å²) in [6, 6.07) is 11.3. The van der Waals surface area contributed by atoms with Gasteiger partial charge in [0.05, 0.1) is 0 Å². The summed E-state index contributed by atoms with van der Waals surface area (Å²) in [6.07, 6.45) is 1.30. The van der Waals surface area contributed by atoms with Gasteiger partial charge in [0.25, 0.3) is 0 Å². The van der Waals surface area contributed by atoms with E-state index in [-0.39, 0.29) is 17.6 Å². The van der Waals surface area contributed by atoms with Crippen LogP contribution in [0.2, 0.25) is 0 Å². The number of phenolic OH excluding ortho intramolecular Hbond substituents is 1. The van der Waals surface area contributed by atoms with E-state index in [1.165, 1.54) is 0 Å². The Bertz CT molecular complexity index is 717. The zero-order valence-electron chi connectivity index (χ0n) is 12.0. The number of carbonyl (C=O) groups is 1. The second-order valence-corrected chi connectivity index (χ2v) is 5.47. The van der Waals surface area contributed by atoms with Crippen LogP contribution in [0.5, 0.6) is 5.75 Å². The van der Waals surface area contributed by atoms with E-state index in [2.05, 4.69) is 13.5 Å². The van der Waals surface area contributed by atoms with E-state index < -0.39 is 6.10 Å². The molecule has 0 aromatic heterocycles. The van der Waals surface area contributed by atoms with Crippen LogP contribution >= 0.6 is 0 Å². The second-order valence-electron chi connectivity index (χ2n) is 5.47. The van der Waals surface area contributed by atoms with Crippen molar-refractivity contribution in [2.24, 2.45) is 5.92 Å². The van der Waals surface area contributed by atoms with Crippen LogP contribution < -0.4 is 0 Å². The van der Waals surface area contributed by atoms with Crippen LogP contribution in [-0.4, -0.2) is 11.1 Å². The summed E-state index contributed by atoms with van der Waals surface area (Å²) in [4.78, 5) is 11.9. The number of rotatable bonds is 3. The third-order valence-corrected chi connectivity index (χ3v) is 4.14. The zero-order valence-corrected chi connectivity index (χ0v) is 12.0. The fourth-order valence-electron chi connectivity index (χ4n) is 3.09. The molecule has 1 N–H and O–H groups in total. The molecule has 0 radical (unpaired) electrons. The molecule has 0 unspecified atom stereocenters. The van der Waals surface area contributed by atoms with Crippen molar-refractivity contribution < 1.29 is 14.6 Å². The van der Waals surface area contributed by atoms with Crippen LogP contribution in [-0.2, 0) is 9.53 Å². The Kier molecular flexibility index (Phi) is 3.42. The molecule has 108 valence electrons. The van der Waals surface area contributed by atoms with E-state index in [0.717, 1.165) is 23.6 Å². The van der Waals surface area contributed by atoms with Gasteiger partial charge >= 0.3 is 5.97 Å². The highest BCUT2D eigenvalue weighted by atomic mass is 16.6. The van der Waals surface area contributed by atoms with E-state index in [1.807, 2.05) is 30.3 Å². The molecule has 0 amide bonds. The van der Waals surface area contributed by atoms with Gasteiger partial charge in [-0.05, 0) is 23.3 Å². The van der Waals surface area contributed by atoms with Crippen molar-refractivity contribution in [1.82, 2.24) is 0 Å². The number of carbonyl (C=O) groups excluding carboxylic acids is 1. The number of hydrogen-bond acceptors (Lipinski definition) is 3. The smallest absolute Gasteiger partial charge is 0.334 e. The average molecular weight is 282 g/mol. The first kappa shape index (κ1) is 13.7. The van der Waals surface area contributed by atoms with E-state index in [0.29, 0.717) is 11.1 Å². The zero-order chi connectivity index (χ0) is 15.0. The number of benzene rings is 2. The van der Waals surface area contributed by atoms with Gasteiger partial charge in [0.15, 0.2) is 0 Å². The first-order valence-electron chi connectivity index (χ1n) is 7.24. The average Bonchev–Trinajstić information content (AvgIpc) is 2.76. The van der Waals surface area contributed by atoms with Crippen molar-refractivity contribution in [2.75, 3.05) is 0 Å². The molecule has 1 fully saturated rings. The Hall–Kier alpha value is -2.29. The molecule has 0 saturated carbocycles. The van der Waals surface area contributed by atoms with Crippen LogP contribution in [0.4, 0.5) is 0 Å². The molecular formula is C18H18O3. The number of ether oxygens (including phenoxy) is 1. The van der Waals surface area contributed by atoms with Crippen molar-refractivity contribution in [3.05, 3.63) is 54.1 Å². The summed E-state index contributed by atoms with van der Waals surface area (Å²) in [6.45, 7) is 5.93. The molecule has 3 nitrogen and oxygen atoms in total. The molecule has 21 heavy (non-hydrogen) atoms. The second kappa shape index (κ2) is 5.24. The quantitative estimate of drug-likeness (QED) is 0.680. The minimum absolute atomic E-state index is 0.0702. The predicted octanol–water partition coefficient (Wildman–Crippen LogP) is 4.12. The first-order valence-corrected chi connectivity index (χ1v) is 7.24. The maximum atomic E-state index is 11.9. The Morgan fingerprint density at radius 3 is 2.76 bits per heavy atom. The Labute approximate surface area is 123 Å². The number of esters is 1. The Morgan fingerprint density at radius 1 is 1.24 bits per heavy atom. The minimum Gasteiger partial charge on any atom is -0.508 e. The summed E-state index contributed by atoms with van der Waals surface area (Å²) in [5.74, 6) is -0.257. The van der Waals surface area contributed by atoms with Crippen LogP contribution in [0.1, 0.15) is 31.4 Å². The molecular weight excluding hydrogens is 264 g/mol. The standard InChI is InChI=1S/C18H18O3/c1-3-6-13-11(2)18(20)21-17(13)16-14-8-5-4-7-12(14)9-10-15(16)19/h4-5,7-10,13,17,19H,2-3,6H2,1H3/t13-,17+/m1/s1. The van der Waals surface area contributed by atoms with Crippen LogP contribution in [0.15, 0.2) is 48.6 Å². The van der Waals surface area contributed by atoms with Crippen molar-refractivity contribution in [3.63, 3.8) is 0 Å². The van der Waals surface area contributed by atoms with Crippen LogP contribution in [0.3, 0.4) is 0 Å². The van der Waals surface area contributed by atoms with Gasteiger partial charge in [-0.1, -0.05) is 50.3 Å². The van der Waals surface area contributed by atoms with Gasteiger partial charge < -0.3 is 9.84 Å². The van der Waals surface area contributed by atoms with Gasteiger partial charge in [-0.2, -0.15) is 0 Å². The third-order valence-electron chi connectivity index (χ3n) is 4.14. The van der Waals surface area contributed by atoms with Gasteiger partial charge in [-0.3, -0.25) is 0 Å². The molecule has 1 heterocycles. The van der Waals surface area contributed by atoms with Gasteiger partial charge in [0.2, 0.25) is 0 Å². The normalized spacial score (nSPS) is 21.8. The van der Waals surface area contributed by atoms with Crippen molar-refractivity contribution >= 4 is 16.7 Å². The number of hydrogen-bond donors (Lipinski definition) is 1. The molecule has 3 rings (SSSR count).